The zero-order chi connectivity index (χ0) is 8.67. The zero-order valence-electron chi connectivity index (χ0n) is 7.20. The van der Waals surface area contributed by atoms with Gasteiger partial charge in [-0.3, -0.25) is 0 Å². The summed E-state index contributed by atoms with van der Waals surface area (Å²) in [5, 5.41) is 1.56. The lowest BCUT2D eigenvalue weighted by Gasteiger charge is -1.97. The highest BCUT2D eigenvalue weighted by molar-refractivity contribution is 7.30. The Hall–Kier alpha value is -1.13. The second kappa shape index (κ2) is 2.68. The van der Waals surface area contributed by atoms with Gasteiger partial charge in [-0.15, -0.1) is 0 Å². The maximum absolute atomic E-state index is 2.23. The van der Waals surface area contributed by atoms with E-state index in [0.717, 1.165) is 6.42 Å². The zero-order valence-corrected chi connectivity index (χ0v) is 8.09. The lowest BCUT2D eigenvalue weighted by atomic mass is 10.1. The van der Waals surface area contributed by atoms with Gasteiger partial charge in [0.2, 0.25) is 0 Å². The van der Waals surface area contributed by atoms with Crippen LogP contribution in [0.5, 0.6) is 0 Å². The van der Waals surface area contributed by atoms with E-state index in [2.05, 4.69) is 42.2 Å². The summed E-state index contributed by atoms with van der Waals surface area (Å²) in [5.74, 6) is 2.21. The maximum atomic E-state index is 2.23. The molecule has 0 fully saturated rings. The highest BCUT2D eigenvalue weighted by atomic mass is 31.0. The molecule has 2 aromatic rings. The summed E-state index contributed by atoms with van der Waals surface area (Å²) >= 11 is 0. The van der Waals surface area contributed by atoms with Crippen LogP contribution in [0.3, 0.4) is 0 Å². The Morgan fingerprint density at radius 3 is 2.77 bits per heavy atom. The van der Waals surface area contributed by atoms with Crippen LogP contribution in [0.4, 0.5) is 0 Å². The summed E-state index contributed by atoms with van der Waals surface area (Å²) in [6.45, 7) is 0. The first-order valence-corrected chi connectivity index (χ1v) is 5.44. The minimum Gasteiger partial charge on any atom is -0.0719 e. The Bertz CT molecular complexity index is 417. The van der Waals surface area contributed by atoms with E-state index in [1.165, 1.54) is 24.9 Å². The van der Waals surface area contributed by atoms with E-state index in [-0.39, 0.29) is 0 Å². The SMILES string of the molecule is c1ccc2c(c1)Cc1pcccc1-2. The van der Waals surface area contributed by atoms with Gasteiger partial charge in [-0.25, -0.2) is 0 Å². The summed E-state index contributed by atoms with van der Waals surface area (Å²) in [4.78, 5) is 0. The summed E-state index contributed by atoms with van der Waals surface area (Å²) in [6.07, 6.45) is 1.15. The third-order valence-corrected chi connectivity index (χ3v) is 3.59. The molecule has 0 aliphatic heterocycles. The quantitative estimate of drug-likeness (QED) is 0.498. The molecule has 0 spiro atoms. The third-order valence-electron chi connectivity index (χ3n) is 2.56. The van der Waals surface area contributed by atoms with Crippen LogP contribution in [-0.4, -0.2) is 0 Å². The maximum Gasteiger partial charge on any atom is 0.00303 e. The molecule has 1 aromatic carbocycles. The largest absolute Gasteiger partial charge is 0.0719 e. The molecule has 62 valence electrons. The van der Waals surface area contributed by atoms with Crippen LogP contribution in [0.25, 0.3) is 11.1 Å². The molecule has 0 saturated heterocycles. The minimum absolute atomic E-state index is 1.15. The smallest absolute Gasteiger partial charge is 0.00303 e. The van der Waals surface area contributed by atoms with E-state index in [1.807, 2.05) is 0 Å². The second-order valence-corrected chi connectivity index (χ2v) is 4.43. The minimum atomic E-state index is 1.15. The molecule has 0 saturated carbocycles. The van der Waals surface area contributed by atoms with Gasteiger partial charge in [0.15, 0.2) is 0 Å². The Balaban J connectivity index is 2.32. The summed E-state index contributed by atoms with van der Waals surface area (Å²) in [7, 11) is 1.38. The molecule has 1 aliphatic rings. The van der Waals surface area contributed by atoms with Crippen molar-refractivity contribution in [1.29, 1.82) is 0 Å². The Morgan fingerprint density at radius 1 is 0.923 bits per heavy atom. The third kappa shape index (κ3) is 1.03. The normalized spacial score (nSPS) is 12.9. The van der Waals surface area contributed by atoms with E-state index >= 15 is 0 Å². The van der Waals surface area contributed by atoms with Crippen molar-refractivity contribution in [3.8, 4) is 11.1 Å². The van der Waals surface area contributed by atoms with Crippen molar-refractivity contribution in [3.05, 3.63) is 53.1 Å². The van der Waals surface area contributed by atoms with Gasteiger partial charge in [-0.1, -0.05) is 44.6 Å². The number of fused-ring (bicyclic) bond motifs is 3. The molecule has 1 aromatic heterocycles. The lowest BCUT2D eigenvalue weighted by molar-refractivity contribution is 1.31. The molecule has 1 heteroatoms. The predicted octanol–water partition coefficient (Wildman–Crippen LogP) is 3.84. The van der Waals surface area contributed by atoms with Crippen LogP contribution in [0.15, 0.2) is 42.2 Å². The fourth-order valence-corrected chi connectivity index (χ4v) is 2.89. The van der Waals surface area contributed by atoms with Crippen LogP contribution < -0.4 is 0 Å². The number of rotatable bonds is 0. The summed E-state index contributed by atoms with van der Waals surface area (Å²) in [6, 6.07) is 13.1. The fraction of sp³-hybridized carbons (Fsp3) is 0.0833. The van der Waals surface area contributed by atoms with Crippen LogP contribution in [0.1, 0.15) is 10.9 Å². The van der Waals surface area contributed by atoms with E-state index in [9.17, 15) is 0 Å². The van der Waals surface area contributed by atoms with E-state index in [4.69, 9.17) is 0 Å². The van der Waals surface area contributed by atoms with Crippen LogP contribution in [0.2, 0.25) is 0 Å². The van der Waals surface area contributed by atoms with Gasteiger partial charge in [0.05, 0.1) is 0 Å². The summed E-state index contributed by atoms with van der Waals surface area (Å²) < 4.78 is 0. The first-order chi connectivity index (χ1) is 6.45. The van der Waals surface area contributed by atoms with Crippen LogP contribution in [-0.2, 0) is 6.42 Å². The van der Waals surface area contributed by atoms with Crippen molar-refractivity contribution in [3.63, 3.8) is 0 Å². The van der Waals surface area contributed by atoms with Crippen molar-refractivity contribution in [1.82, 2.24) is 0 Å². The molecule has 0 radical (unpaired) electrons. The molecular weight excluding hydrogens is 175 g/mol. The molecule has 3 rings (SSSR count). The Labute approximate surface area is 79.3 Å². The first-order valence-electron chi connectivity index (χ1n) is 4.47. The van der Waals surface area contributed by atoms with Gasteiger partial charge < -0.3 is 0 Å². The van der Waals surface area contributed by atoms with E-state index in [0.29, 0.717) is 0 Å². The van der Waals surface area contributed by atoms with E-state index in [1.54, 1.807) is 5.30 Å². The van der Waals surface area contributed by atoms with Gasteiger partial charge in [0.25, 0.3) is 0 Å². The van der Waals surface area contributed by atoms with Crippen LogP contribution in [0, 0.1) is 0 Å². The Morgan fingerprint density at radius 2 is 1.77 bits per heavy atom. The standard InChI is InChI=1S/C12H9P/c1-2-5-10-9(4-1)8-12-11(10)6-3-7-13-12/h1-7H,8H2. The molecule has 0 amide bonds. The molecule has 1 heterocycles. The topological polar surface area (TPSA) is 0 Å². The molecule has 0 N–H and O–H groups in total. The molecule has 0 unspecified atom stereocenters. The molecular formula is C12H9P. The number of hydrogen-bond donors (Lipinski definition) is 0. The monoisotopic (exact) mass is 184 g/mol. The van der Waals surface area contributed by atoms with Gasteiger partial charge in [0, 0.05) is 6.42 Å². The van der Waals surface area contributed by atoms with Gasteiger partial charge in [-0.05, 0) is 27.8 Å². The molecule has 0 bridgehead atoms. The average Bonchev–Trinajstić information content (AvgIpc) is 2.56. The van der Waals surface area contributed by atoms with E-state index < -0.39 is 0 Å². The first kappa shape index (κ1) is 7.29. The Kier molecular flexibility index (Phi) is 1.50. The van der Waals surface area contributed by atoms with Crippen molar-refractivity contribution in [2.75, 3.05) is 0 Å². The molecule has 13 heavy (non-hydrogen) atoms. The van der Waals surface area contributed by atoms with Crippen molar-refractivity contribution >= 4 is 8.19 Å². The van der Waals surface area contributed by atoms with Crippen molar-refractivity contribution < 1.29 is 0 Å². The fourth-order valence-electron chi connectivity index (χ4n) is 1.94. The second-order valence-electron chi connectivity index (χ2n) is 3.33. The molecule has 0 atom stereocenters. The molecule has 1 aliphatic carbocycles. The van der Waals surface area contributed by atoms with Gasteiger partial charge >= 0.3 is 0 Å². The van der Waals surface area contributed by atoms with Crippen LogP contribution >= 0.6 is 8.19 Å². The van der Waals surface area contributed by atoms with Gasteiger partial charge in [-0.2, -0.15) is 0 Å². The predicted molar refractivity (Wildman–Crippen MR) is 57.2 cm³/mol. The lowest BCUT2D eigenvalue weighted by Crippen LogP contribution is -1.75. The molecule has 0 nitrogen and oxygen atoms in total. The highest BCUT2D eigenvalue weighted by Gasteiger charge is 2.16. The van der Waals surface area contributed by atoms with Crippen molar-refractivity contribution in [2.24, 2.45) is 0 Å². The van der Waals surface area contributed by atoms with Crippen molar-refractivity contribution in [2.45, 2.75) is 6.42 Å². The number of hydrogen-bond acceptors (Lipinski definition) is 0. The average molecular weight is 184 g/mol. The summed E-state index contributed by atoms with van der Waals surface area (Å²) in [5.41, 5.74) is 4.38. The number of benzene rings is 1. The van der Waals surface area contributed by atoms with Gasteiger partial charge in [0.1, 0.15) is 0 Å². The highest BCUT2D eigenvalue weighted by Crippen LogP contribution is 2.39.